The first-order valence-electron chi connectivity index (χ1n) is 7.29. The summed E-state index contributed by atoms with van der Waals surface area (Å²) in [6.45, 7) is 2.44. The lowest BCUT2D eigenvalue weighted by atomic mass is 10.1. The monoisotopic (exact) mass is 387 g/mol. The van der Waals surface area contributed by atoms with Gasteiger partial charge in [0.2, 0.25) is 5.88 Å². The van der Waals surface area contributed by atoms with Crippen LogP contribution in [0.2, 0.25) is 0 Å². The molecule has 1 aromatic carbocycles. The topological polar surface area (TPSA) is 77.2 Å². The lowest BCUT2D eigenvalue weighted by Gasteiger charge is -2.06. The fraction of sp³-hybridized carbons (Fsp3) is 0.118. The third kappa shape index (κ3) is 3.80. The van der Waals surface area contributed by atoms with Gasteiger partial charge in [-0.15, -0.1) is 10.2 Å². The fourth-order valence-corrected chi connectivity index (χ4v) is 2.36. The van der Waals surface area contributed by atoms with Crippen LogP contribution in [0.1, 0.15) is 17.5 Å². The Labute approximate surface area is 147 Å². The van der Waals surface area contributed by atoms with E-state index in [1.165, 1.54) is 0 Å². The predicted molar refractivity (Wildman–Crippen MR) is 93.0 cm³/mol. The summed E-state index contributed by atoms with van der Waals surface area (Å²) in [6, 6.07) is 14.2. The van der Waals surface area contributed by atoms with Crippen molar-refractivity contribution in [2.45, 2.75) is 6.92 Å². The van der Waals surface area contributed by atoms with Gasteiger partial charge in [-0.1, -0.05) is 12.1 Å². The van der Waals surface area contributed by atoms with E-state index in [2.05, 4.69) is 31.4 Å². The first kappa shape index (κ1) is 16.2. The van der Waals surface area contributed by atoms with Gasteiger partial charge in [-0.2, -0.15) is 0 Å². The fourth-order valence-electron chi connectivity index (χ4n) is 2.05. The number of benzene rings is 1. The van der Waals surface area contributed by atoms with Crippen LogP contribution in [0.15, 0.2) is 57.6 Å². The van der Waals surface area contributed by atoms with Gasteiger partial charge in [0.15, 0.2) is 10.4 Å². The molecule has 6 nitrogen and oxygen atoms in total. The summed E-state index contributed by atoms with van der Waals surface area (Å²) in [5.74, 6) is 0.424. The number of carbonyl (C=O) groups is 1. The zero-order chi connectivity index (χ0) is 16.9. The van der Waals surface area contributed by atoms with Crippen LogP contribution in [0, 0.1) is 0 Å². The second kappa shape index (κ2) is 7.27. The third-order valence-corrected chi connectivity index (χ3v) is 3.59. The Kier molecular flexibility index (Phi) is 4.90. The molecule has 3 rings (SSSR count). The molecule has 0 spiro atoms. The number of nitrogens with one attached hydrogen (secondary N) is 1. The predicted octanol–water partition coefficient (Wildman–Crippen LogP) is 4.15. The van der Waals surface area contributed by atoms with Gasteiger partial charge in [0, 0.05) is 17.3 Å². The summed E-state index contributed by atoms with van der Waals surface area (Å²) >= 11 is 3.17. The highest BCUT2D eigenvalue weighted by atomic mass is 79.9. The van der Waals surface area contributed by atoms with Crippen LogP contribution in [-0.2, 0) is 0 Å². The van der Waals surface area contributed by atoms with Crippen LogP contribution in [0.3, 0.4) is 0 Å². The molecule has 0 aliphatic carbocycles. The molecule has 122 valence electrons. The Morgan fingerprint density at radius 3 is 2.50 bits per heavy atom. The molecule has 3 aromatic rings. The van der Waals surface area contributed by atoms with E-state index in [1.807, 2.05) is 25.1 Å². The van der Waals surface area contributed by atoms with Crippen molar-refractivity contribution in [2.24, 2.45) is 0 Å². The molecule has 2 aromatic heterocycles. The van der Waals surface area contributed by atoms with Gasteiger partial charge >= 0.3 is 0 Å². The van der Waals surface area contributed by atoms with Gasteiger partial charge in [0.05, 0.1) is 12.3 Å². The highest BCUT2D eigenvalue weighted by Crippen LogP contribution is 2.21. The molecule has 0 saturated carbocycles. The number of carbonyl (C=O) groups excluding carboxylic acids is 1. The lowest BCUT2D eigenvalue weighted by Crippen LogP contribution is -2.10. The second-order valence-electron chi connectivity index (χ2n) is 4.83. The number of halogens is 1. The summed E-state index contributed by atoms with van der Waals surface area (Å²) in [7, 11) is 0. The minimum Gasteiger partial charge on any atom is -0.477 e. The lowest BCUT2D eigenvalue weighted by molar-refractivity contribution is 0.0995. The first-order chi connectivity index (χ1) is 11.7. The standard InChI is InChI=1S/C17H14BrN3O3/c1-2-23-16-10-7-13(20-21-16)11-3-5-12(6-4-11)19-17(22)14-8-9-15(18)24-14/h3-10H,2H2,1H3,(H,19,22). The highest BCUT2D eigenvalue weighted by Gasteiger charge is 2.10. The number of amides is 1. The van der Waals surface area contributed by atoms with Crippen LogP contribution in [0.4, 0.5) is 5.69 Å². The van der Waals surface area contributed by atoms with Crippen LogP contribution in [-0.4, -0.2) is 22.7 Å². The maximum atomic E-state index is 12.0. The van der Waals surface area contributed by atoms with E-state index >= 15 is 0 Å². The van der Waals surface area contributed by atoms with Gasteiger partial charge < -0.3 is 14.5 Å². The molecule has 7 heteroatoms. The molecule has 0 atom stereocenters. The van der Waals surface area contributed by atoms with E-state index < -0.39 is 0 Å². The Hall–Kier alpha value is -2.67. The van der Waals surface area contributed by atoms with Gasteiger partial charge in [-0.3, -0.25) is 4.79 Å². The molecule has 0 aliphatic rings. The Balaban J connectivity index is 1.69. The molecule has 2 heterocycles. The maximum absolute atomic E-state index is 12.0. The second-order valence-corrected chi connectivity index (χ2v) is 5.61. The average molecular weight is 388 g/mol. The van der Waals surface area contributed by atoms with Crippen LogP contribution >= 0.6 is 15.9 Å². The number of hydrogen-bond acceptors (Lipinski definition) is 5. The average Bonchev–Trinajstić information content (AvgIpc) is 3.03. The van der Waals surface area contributed by atoms with E-state index in [-0.39, 0.29) is 11.7 Å². The van der Waals surface area contributed by atoms with Crippen molar-refractivity contribution in [1.82, 2.24) is 10.2 Å². The highest BCUT2D eigenvalue weighted by molar-refractivity contribution is 9.10. The van der Waals surface area contributed by atoms with Crippen molar-refractivity contribution in [3.05, 3.63) is 59.0 Å². The van der Waals surface area contributed by atoms with E-state index in [9.17, 15) is 4.79 Å². The van der Waals surface area contributed by atoms with Crippen molar-refractivity contribution >= 4 is 27.5 Å². The van der Waals surface area contributed by atoms with E-state index in [0.717, 1.165) is 11.3 Å². The number of nitrogens with zero attached hydrogens (tertiary/aromatic N) is 2. The molecule has 1 N–H and O–H groups in total. The third-order valence-electron chi connectivity index (χ3n) is 3.17. The molecule has 0 unspecified atom stereocenters. The number of rotatable bonds is 5. The van der Waals surface area contributed by atoms with Gasteiger partial charge in [0.1, 0.15) is 0 Å². The van der Waals surface area contributed by atoms with E-state index in [1.54, 1.807) is 30.3 Å². The Morgan fingerprint density at radius 2 is 1.92 bits per heavy atom. The van der Waals surface area contributed by atoms with Gasteiger partial charge in [-0.05, 0) is 53.2 Å². The zero-order valence-electron chi connectivity index (χ0n) is 12.8. The largest absolute Gasteiger partial charge is 0.477 e. The SMILES string of the molecule is CCOc1ccc(-c2ccc(NC(=O)c3ccc(Br)o3)cc2)nn1. The molecule has 0 fully saturated rings. The Bertz CT molecular complexity index is 829. The number of hydrogen-bond donors (Lipinski definition) is 1. The van der Waals surface area contributed by atoms with Crippen molar-refractivity contribution in [3.63, 3.8) is 0 Å². The normalized spacial score (nSPS) is 10.4. The number of aromatic nitrogens is 2. The molecule has 0 radical (unpaired) electrons. The summed E-state index contributed by atoms with van der Waals surface area (Å²) in [5.41, 5.74) is 2.28. The molecule has 0 saturated heterocycles. The summed E-state index contributed by atoms with van der Waals surface area (Å²) in [6.07, 6.45) is 0. The first-order valence-corrected chi connectivity index (χ1v) is 8.08. The minimum absolute atomic E-state index is 0.239. The van der Waals surface area contributed by atoms with Crippen molar-refractivity contribution in [3.8, 4) is 17.1 Å². The van der Waals surface area contributed by atoms with E-state index in [4.69, 9.17) is 9.15 Å². The zero-order valence-corrected chi connectivity index (χ0v) is 14.4. The van der Waals surface area contributed by atoms with Crippen molar-refractivity contribution in [1.29, 1.82) is 0 Å². The number of ether oxygens (including phenoxy) is 1. The van der Waals surface area contributed by atoms with Crippen molar-refractivity contribution in [2.75, 3.05) is 11.9 Å². The summed E-state index contributed by atoms with van der Waals surface area (Å²) < 4.78 is 11.0. The minimum atomic E-state index is -0.311. The van der Waals surface area contributed by atoms with E-state index in [0.29, 0.717) is 22.8 Å². The van der Waals surface area contributed by atoms with Gasteiger partial charge in [0.25, 0.3) is 5.91 Å². The summed E-state index contributed by atoms with van der Waals surface area (Å²) in [4.78, 5) is 12.0. The molecule has 0 aliphatic heterocycles. The smallest absolute Gasteiger partial charge is 0.291 e. The van der Waals surface area contributed by atoms with Crippen molar-refractivity contribution < 1.29 is 13.9 Å². The van der Waals surface area contributed by atoms with Crippen LogP contribution in [0.5, 0.6) is 5.88 Å². The molecular formula is C17H14BrN3O3. The number of furan rings is 1. The molecule has 24 heavy (non-hydrogen) atoms. The molecule has 1 amide bonds. The summed E-state index contributed by atoms with van der Waals surface area (Å²) in [5, 5.41) is 10.9. The maximum Gasteiger partial charge on any atom is 0.291 e. The quantitative estimate of drug-likeness (QED) is 0.711. The molecule has 0 bridgehead atoms. The van der Waals surface area contributed by atoms with Crippen LogP contribution in [0.25, 0.3) is 11.3 Å². The van der Waals surface area contributed by atoms with Gasteiger partial charge in [-0.25, -0.2) is 0 Å². The number of anilines is 1. The van der Waals surface area contributed by atoms with Crippen LogP contribution < -0.4 is 10.1 Å². The Morgan fingerprint density at radius 1 is 1.12 bits per heavy atom. The molecular weight excluding hydrogens is 374 g/mol.